The Balaban J connectivity index is 1.90. The monoisotopic (exact) mass is 641 g/mol. The van der Waals surface area contributed by atoms with Crippen LogP contribution in [0.2, 0.25) is 0 Å². The van der Waals surface area contributed by atoms with Crippen LogP contribution in [-0.2, 0) is 34.7 Å². The van der Waals surface area contributed by atoms with Crippen LogP contribution in [0.15, 0.2) is 36.5 Å². The maximum atomic E-state index is 13.6. The summed E-state index contributed by atoms with van der Waals surface area (Å²) in [5.41, 5.74) is 3.96. The van der Waals surface area contributed by atoms with Crippen LogP contribution in [0.4, 0.5) is 36.8 Å². The zero-order chi connectivity index (χ0) is 33.3. The first kappa shape index (κ1) is 33.4. The molecule has 242 valence electrons. The Kier molecular flexibility index (Phi) is 9.56. The summed E-state index contributed by atoms with van der Waals surface area (Å²) in [6.07, 6.45) is -10.5. The van der Waals surface area contributed by atoms with Gasteiger partial charge in [-0.25, -0.2) is 19.7 Å². The molecule has 45 heavy (non-hydrogen) atoms. The number of ether oxygens (including phenoxy) is 2. The first-order chi connectivity index (χ1) is 21.1. The second-order valence-electron chi connectivity index (χ2n) is 10.3. The highest BCUT2D eigenvalue weighted by molar-refractivity contribution is 5.89. The molecule has 0 bridgehead atoms. The highest BCUT2D eigenvalue weighted by atomic mass is 19.4. The third-order valence-electron chi connectivity index (χ3n) is 7.52. The molecule has 3 heterocycles. The minimum Gasteiger partial charge on any atom is -0.481 e. The maximum Gasteiger partial charge on any atom is 0.416 e. The zero-order valence-corrected chi connectivity index (χ0v) is 24.2. The Morgan fingerprint density at radius 1 is 1.02 bits per heavy atom. The molecule has 0 fully saturated rings. The third kappa shape index (κ3) is 7.10. The zero-order valence-electron chi connectivity index (χ0n) is 24.2. The van der Waals surface area contributed by atoms with E-state index in [1.54, 1.807) is 6.92 Å². The number of anilines is 1. The number of aromatic nitrogens is 3. The Labute approximate surface area is 253 Å². The number of methoxy groups -OCH3 is 2. The van der Waals surface area contributed by atoms with Gasteiger partial charge in [0.15, 0.2) is 0 Å². The van der Waals surface area contributed by atoms with Crippen molar-refractivity contribution in [3.8, 4) is 5.88 Å². The van der Waals surface area contributed by atoms with Crippen molar-refractivity contribution in [2.45, 2.75) is 63.0 Å². The average molecular weight is 642 g/mol. The molecule has 0 spiro atoms. The quantitative estimate of drug-likeness (QED) is 0.246. The highest BCUT2D eigenvalue weighted by Gasteiger charge is 2.44. The Morgan fingerprint density at radius 3 is 2.20 bits per heavy atom. The van der Waals surface area contributed by atoms with Gasteiger partial charge in [0.25, 0.3) is 0 Å². The number of alkyl halides is 6. The Morgan fingerprint density at radius 2 is 1.67 bits per heavy atom. The van der Waals surface area contributed by atoms with Gasteiger partial charge in [-0.1, -0.05) is 6.92 Å². The number of fused-ring (bicyclic) bond motifs is 1. The van der Waals surface area contributed by atoms with Crippen molar-refractivity contribution in [1.82, 2.24) is 15.0 Å². The van der Waals surface area contributed by atoms with Gasteiger partial charge in [0, 0.05) is 31.1 Å². The van der Waals surface area contributed by atoms with Crippen LogP contribution >= 0.6 is 0 Å². The van der Waals surface area contributed by atoms with Crippen LogP contribution in [-0.4, -0.2) is 58.4 Å². The summed E-state index contributed by atoms with van der Waals surface area (Å²) >= 11 is 0. The molecule has 2 aromatic heterocycles. The van der Waals surface area contributed by atoms with Crippen LogP contribution in [0.5, 0.6) is 5.88 Å². The first-order valence-electron chi connectivity index (χ1n) is 13.6. The van der Waals surface area contributed by atoms with Gasteiger partial charge in [-0.05, 0) is 48.2 Å². The van der Waals surface area contributed by atoms with Crippen LogP contribution in [0.25, 0.3) is 0 Å². The molecule has 1 aliphatic heterocycles. The van der Waals surface area contributed by atoms with E-state index in [0.29, 0.717) is 12.1 Å². The molecule has 3 atom stereocenters. The number of esters is 1. The fourth-order valence-corrected chi connectivity index (χ4v) is 5.37. The number of aryl methyl sites for hydroxylation is 1. The molecule has 0 saturated carbocycles. The van der Waals surface area contributed by atoms with Crippen molar-refractivity contribution in [3.05, 3.63) is 76.0 Å². The molecule has 16 heteroatoms. The summed E-state index contributed by atoms with van der Waals surface area (Å²) in [4.78, 5) is 38.6. The highest BCUT2D eigenvalue weighted by Crippen LogP contribution is 2.42. The van der Waals surface area contributed by atoms with Gasteiger partial charge in [0.1, 0.15) is 5.82 Å². The Hall–Kier alpha value is -4.47. The number of carbonyl (C=O) groups is 2. The fraction of sp³-hybridized carbons (Fsp3) is 0.414. The number of rotatable bonds is 8. The molecule has 3 N–H and O–H groups in total. The summed E-state index contributed by atoms with van der Waals surface area (Å²) in [5, 5.41) is 10.00. The lowest BCUT2D eigenvalue weighted by molar-refractivity contribution is -0.143. The average Bonchev–Trinajstić information content (AvgIpc) is 2.98. The second kappa shape index (κ2) is 12.9. The lowest BCUT2D eigenvalue weighted by Gasteiger charge is -2.42. The van der Waals surface area contributed by atoms with E-state index >= 15 is 0 Å². The van der Waals surface area contributed by atoms with Crippen molar-refractivity contribution in [3.63, 3.8) is 0 Å². The summed E-state index contributed by atoms with van der Waals surface area (Å²) < 4.78 is 91.4. The van der Waals surface area contributed by atoms with Crippen molar-refractivity contribution in [2.24, 2.45) is 5.73 Å². The number of benzene rings is 1. The second-order valence-corrected chi connectivity index (χ2v) is 10.3. The van der Waals surface area contributed by atoms with Gasteiger partial charge >= 0.3 is 24.4 Å². The van der Waals surface area contributed by atoms with E-state index in [9.17, 15) is 41.0 Å². The molecule has 1 amide bonds. The predicted octanol–water partition coefficient (Wildman–Crippen LogP) is 5.35. The summed E-state index contributed by atoms with van der Waals surface area (Å²) in [5.74, 6) is -1.42. The number of nitrogens with zero attached hydrogens (tertiary/aromatic N) is 4. The van der Waals surface area contributed by atoms with Crippen LogP contribution in [0.3, 0.4) is 0 Å². The van der Waals surface area contributed by atoms with E-state index in [4.69, 9.17) is 10.5 Å². The molecule has 0 saturated heterocycles. The van der Waals surface area contributed by atoms with E-state index in [1.807, 2.05) is 0 Å². The van der Waals surface area contributed by atoms with E-state index in [1.165, 1.54) is 25.4 Å². The first-order valence-corrected chi connectivity index (χ1v) is 13.6. The van der Waals surface area contributed by atoms with E-state index in [0.717, 1.165) is 12.0 Å². The summed E-state index contributed by atoms with van der Waals surface area (Å²) in [6.45, 7) is 1.73. The van der Waals surface area contributed by atoms with Crippen molar-refractivity contribution in [1.29, 1.82) is 0 Å². The molecule has 0 radical (unpaired) electrons. The molecule has 1 aromatic carbocycles. The number of carbonyl (C=O) groups excluding carboxylic acids is 1. The number of nitrogens with two attached hydrogens (primary N) is 1. The predicted molar refractivity (Wildman–Crippen MR) is 147 cm³/mol. The number of pyridine rings is 1. The van der Waals surface area contributed by atoms with Crippen LogP contribution in [0, 0.1) is 0 Å². The molecule has 4 rings (SSSR count). The molecular weight excluding hydrogens is 612 g/mol. The normalized spacial score (nSPS) is 18.4. The largest absolute Gasteiger partial charge is 0.481 e. The topological polar surface area (TPSA) is 141 Å². The molecule has 3 unspecified atom stereocenters. The lowest BCUT2D eigenvalue weighted by atomic mass is 9.82. The van der Waals surface area contributed by atoms with Crippen molar-refractivity contribution in [2.75, 3.05) is 19.1 Å². The number of carboxylic acid groups (broad SMARTS) is 1. The van der Waals surface area contributed by atoms with Gasteiger partial charge in [-0.3, -0.25) is 9.69 Å². The smallest absolute Gasteiger partial charge is 0.416 e. The van der Waals surface area contributed by atoms with E-state index in [2.05, 4.69) is 19.7 Å². The molecule has 1 aliphatic rings. The number of amides is 1. The summed E-state index contributed by atoms with van der Waals surface area (Å²) in [6, 6.07) is 2.47. The standard InChI is InChI=1S/C29H29F6N5O5/c1-4-19-24(36)23(25-20(40(19)27(42)43)6-7-21(39-25)44-2)26-37-13-15(5-8-22(41)45-3)18(38-26)11-14-9-16(28(30,31)32)12-17(10-14)29(33,34)35/h6-7,9-10,12-13,19,23-24H,4-5,8,11,36H2,1-3H3,(H,42,43). The SMILES string of the molecule is CCC1C(N)C(c2ncc(CCC(=O)OC)c(Cc3cc(C(F)(F)F)cc(C(F)(F)F)c3)n2)c2nc(OC)ccc2N1C(=O)O. The van der Waals surface area contributed by atoms with Gasteiger partial charge < -0.3 is 20.3 Å². The van der Waals surface area contributed by atoms with Gasteiger partial charge in [0.05, 0.1) is 54.4 Å². The Bertz CT molecular complexity index is 1550. The third-order valence-corrected chi connectivity index (χ3v) is 7.52. The minimum absolute atomic E-state index is 0.00725. The maximum absolute atomic E-state index is 13.6. The van der Waals surface area contributed by atoms with Gasteiger partial charge in [-0.2, -0.15) is 26.3 Å². The van der Waals surface area contributed by atoms with Crippen LogP contribution in [0.1, 0.15) is 65.1 Å². The van der Waals surface area contributed by atoms with Crippen molar-refractivity contribution < 1.29 is 50.5 Å². The summed E-state index contributed by atoms with van der Waals surface area (Å²) in [7, 11) is 2.52. The fourth-order valence-electron chi connectivity index (χ4n) is 5.37. The molecular formula is C29H29F6N5O5. The lowest BCUT2D eigenvalue weighted by Crippen LogP contribution is -2.56. The molecule has 10 nitrogen and oxygen atoms in total. The van der Waals surface area contributed by atoms with Crippen LogP contribution < -0.4 is 15.4 Å². The van der Waals surface area contributed by atoms with Crippen molar-refractivity contribution >= 4 is 17.7 Å². The number of hydrogen-bond donors (Lipinski definition) is 2. The molecule has 3 aromatic rings. The van der Waals surface area contributed by atoms with Gasteiger partial charge in [0.2, 0.25) is 5.88 Å². The molecule has 0 aliphatic carbocycles. The number of hydrogen-bond acceptors (Lipinski definition) is 8. The van der Waals surface area contributed by atoms with E-state index in [-0.39, 0.29) is 65.2 Å². The minimum atomic E-state index is -5.06. The van der Waals surface area contributed by atoms with E-state index < -0.39 is 60.0 Å². The van der Waals surface area contributed by atoms with Gasteiger partial charge in [-0.15, -0.1) is 0 Å². The number of halogens is 6.